The molecule has 1 aromatic carbocycles. The van der Waals surface area contributed by atoms with Crippen molar-refractivity contribution in [2.45, 2.75) is 39.2 Å². The minimum atomic E-state index is -0.440. The van der Waals surface area contributed by atoms with E-state index >= 15 is 0 Å². The first-order chi connectivity index (χ1) is 10.0. The number of benzene rings is 1. The molecule has 0 spiro atoms. The van der Waals surface area contributed by atoms with E-state index in [-0.39, 0.29) is 5.97 Å². The van der Waals surface area contributed by atoms with E-state index in [1.165, 1.54) is 0 Å². The lowest BCUT2D eigenvalue weighted by atomic mass is 9.83. The molecule has 0 aliphatic carbocycles. The molecule has 1 aromatic rings. The van der Waals surface area contributed by atoms with Crippen LogP contribution in [0, 0.1) is 5.92 Å². The summed E-state index contributed by atoms with van der Waals surface area (Å²) in [4.78, 5) is 12.5. The third-order valence-corrected chi connectivity index (χ3v) is 4.18. The summed E-state index contributed by atoms with van der Waals surface area (Å²) in [6.07, 6.45) is 2.18. The monoisotopic (exact) mass is 292 g/mol. The molecule has 2 rings (SSSR count). The zero-order valence-corrected chi connectivity index (χ0v) is 13.2. The number of ether oxygens (including phenoxy) is 2. The van der Waals surface area contributed by atoms with Crippen LogP contribution in [0.15, 0.2) is 24.3 Å². The van der Waals surface area contributed by atoms with Crippen LogP contribution >= 0.6 is 0 Å². The Hall–Kier alpha value is -1.55. The first-order valence-corrected chi connectivity index (χ1v) is 7.81. The number of para-hydroxylation sites is 1. The molecule has 1 fully saturated rings. The van der Waals surface area contributed by atoms with Crippen LogP contribution in [0.25, 0.3) is 0 Å². The predicted octanol–water partition coefficient (Wildman–Crippen LogP) is 1.99. The van der Waals surface area contributed by atoms with Crippen LogP contribution in [-0.4, -0.2) is 31.3 Å². The molecule has 0 radical (unpaired) electrons. The van der Waals surface area contributed by atoms with Crippen molar-refractivity contribution in [2.24, 2.45) is 5.92 Å². The molecule has 4 nitrogen and oxygen atoms in total. The number of carbonyl (C=O) groups is 1. The van der Waals surface area contributed by atoms with Crippen molar-refractivity contribution in [3.05, 3.63) is 29.8 Å². The van der Waals surface area contributed by atoms with E-state index < -0.39 is 5.60 Å². The maximum Gasteiger partial charge on any atom is 0.342 e. The molecule has 0 bridgehead atoms. The highest BCUT2D eigenvalue weighted by atomic mass is 16.6. The smallest absolute Gasteiger partial charge is 0.342 e. The van der Waals surface area contributed by atoms with Crippen LogP contribution in [0.2, 0.25) is 0 Å². The lowest BCUT2D eigenvalue weighted by molar-refractivity contribution is -0.665. The molecule has 1 aliphatic rings. The van der Waals surface area contributed by atoms with Gasteiger partial charge in [-0.3, -0.25) is 0 Å². The fraction of sp³-hybridized carbons (Fsp3) is 0.588. The highest BCUT2D eigenvalue weighted by Gasteiger charge is 2.36. The van der Waals surface area contributed by atoms with Crippen molar-refractivity contribution in [3.63, 3.8) is 0 Å². The highest BCUT2D eigenvalue weighted by molar-refractivity contribution is 5.92. The standard InChI is InChI=1S/C17H25NO3/c1-4-20-15-8-6-5-7-14(15)16(19)21-17(2,3)13-9-11-18-12-10-13/h5-8,13,18H,4,9-12H2,1-3H3/p+1. The van der Waals surface area contributed by atoms with E-state index in [1.54, 1.807) is 6.07 Å². The molecule has 116 valence electrons. The van der Waals surface area contributed by atoms with Gasteiger partial charge in [-0.15, -0.1) is 0 Å². The van der Waals surface area contributed by atoms with Crippen LogP contribution in [0.5, 0.6) is 5.75 Å². The quantitative estimate of drug-likeness (QED) is 0.845. The van der Waals surface area contributed by atoms with Crippen molar-refractivity contribution in [1.82, 2.24) is 0 Å². The molecule has 0 aromatic heterocycles. The van der Waals surface area contributed by atoms with Gasteiger partial charge in [0.15, 0.2) is 0 Å². The van der Waals surface area contributed by atoms with Gasteiger partial charge in [-0.05, 0) is 32.9 Å². The second-order valence-corrected chi connectivity index (χ2v) is 6.06. The summed E-state index contributed by atoms with van der Waals surface area (Å²) >= 11 is 0. The molecule has 0 saturated carbocycles. The highest BCUT2D eigenvalue weighted by Crippen LogP contribution is 2.30. The zero-order chi connectivity index (χ0) is 15.3. The number of hydrogen-bond donors (Lipinski definition) is 1. The average Bonchev–Trinajstić information content (AvgIpc) is 2.48. The lowest BCUT2D eigenvalue weighted by Gasteiger charge is -2.35. The normalized spacial score (nSPS) is 16.5. The summed E-state index contributed by atoms with van der Waals surface area (Å²) in [6.45, 7) is 8.70. The number of piperidine rings is 1. The Balaban J connectivity index is 2.09. The largest absolute Gasteiger partial charge is 0.493 e. The van der Waals surface area contributed by atoms with Crippen LogP contribution in [0.1, 0.15) is 44.0 Å². The average molecular weight is 292 g/mol. The van der Waals surface area contributed by atoms with Crippen molar-refractivity contribution in [1.29, 1.82) is 0 Å². The van der Waals surface area contributed by atoms with E-state index in [0.717, 1.165) is 25.9 Å². The van der Waals surface area contributed by atoms with Crippen molar-refractivity contribution < 1.29 is 19.6 Å². The molecule has 4 heteroatoms. The minimum absolute atomic E-state index is 0.293. The zero-order valence-electron chi connectivity index (χ0n) is 13.2. The Morgan fingerprint density at radius 3 is 2.62 bits per heavy atom. The van der Waals surface area contributed by atoms with Gasteiger partial charge in [0, 0.05) is 18.8 Å². The molecule has 0 atom stereocenters. The second kappa shape index (κ2) is 6.94. The Labute approximate surface area is 126 Å². The molecular formula is C17H26NO3+. The van der Waals surface area contributed by atoms with Crippen molar-refractivity contribution >= 4 is 5.97 Å². The van der Waals surface area contributed by atoms with Crippen LogP contribution in [0.4, 0.5) is 0 Å². The number of quaternary nitrogens is 1. The number of carbonyl (C=O) groups excluding carboxylic acids is 1. The van der Waals surface area contributed by atoms with Gasteiger partial charge in [-0.2, -0.15) is 0 Å². The summed E-state index contributed by atoms with van der Waals surface area (Å²) < 4.78 is 11.3. The van der Waals surface area contributed by atoms with Crippen molar-refractivity contribution in [2.75, 3.05) is 19.7 Å². The van der Waals surface area contributed by atoms with E-state index in [0.29, 0.717) is 23.8 Å². The molecule has 0 unspecified atom stereocenters. The summed E-state index contributed by atoms with van der Waals surface area (Å²) in [6, 6.07) is 7.27. The van der Waals surface area contributed by atoms with Crippen LogP contribution in [-0.2, 0) is 4.74 Å². The second-order valence-electron chi connectivity index (χ2n) is 6.06. The van der Waals surface area contributed by atoms with E-state index in [9.17, 15) is 4.79 Å². The molecule has 0 amide bonds. The number of rotatable bonds is 5. The van der Waals surface area contributed by atoms with Gasteiger partial charge in [-0.25, -0.2) is 4.79 Å². The third-order valence-electron chi connectivity index (χ3n) is 4.18. The predicted molar refractivity (Wildman–Crippen MR) is 81.5 cm³/mol. The molecule has 2 N–H and O–H groups in total. The number of nitrogens with two attached hydrogens (primary N) is 1. The minimum Gasteiger partial charge on any atom is -0.493 e. The van der Waals surface area contributed by atoms with Gasteiger partial charge in [0.1, 0.15) is 16.9 Å². The van der Waals surface area contributed by atoms with Gasteiger partial charge in [0.05, 0.1) is 19.7 Å². The maximum atomic E-state index is 12.5. The summed E-state index contributed by atoms with van der Waals surface area (Å²) in [5.74, 6) is 0.724. The van der Waals surface area contributed by atoms with E-state index in [2.05, 4.69) is 5.32 Å². The molecular weight excluding hydrogens is 266 g/mol. The number of hydrogen-bond acceptors (Lipinski definition) is 3. The maximum absolute atomic E-state index is 12.5. The Morgan fingerprint density at radius 1 is 1.29 bits per heavy atom. The summed E-state index contributed by atoms with van der Waals surface area (Å²) in [5, 5.41) is 2.32. The van der Waals surface area contributed by atoms with E-state index in [1.807, 2.05) is 39.0 Å². The molecule has 21 heavy (non-hydrogen) atoms. The summed E-state index contributed by atoms with van der Waals surface area (Å²) in [5.41, 5.74) is 0.0693. The fourth-order valence-corrected chi connectivity index (χ4v) is 2.92. The third kappa shape index (κ3) is 3.97. The lowest BCUT2D eigenvalue weighted by Crippen LogP contribution is -2.86. The van der Waals surface area contributed by atoms with Gasteiger partial charge in [0.25, 0.3) is 0 Å². The summed E-state index contributed by atoms with van der Waals surface area (Å²) in [7, 11) is 0. The first kappa shape index (κ1) is 15.8. The molecule has 1 aliphatic heterocycles. The van der Waals surface area contributed by atoms with Crippen LogP contribution < -0.4 is 10.1 Å². The topological polar surface area (TPSA) is 52.1 Å². The van der Waals surface area contributed by atoms with Gasteiger partial charge >= 0.3 is 5.97 Å². The van der Waals surface area contributed by atoms with E-state index in [4.69, 9.17) is 9.47 Å². The fourth-order valence-electron chi connectivity index (χ4n) is 2.92. The van der Waals surface area contributed by atoms with Crippen molar-refractivity contribution in [3.8, 4) is 5.75 Å². The molecule has 1 heterocycles. The Bertz CT molecular complexity index is 479. The van der Waals surface area contributed by atoms with Gasteiger partial charge < -0.3 is 14.8 Å². The first-order valence-electron chi connectivity index (χ1n) is 7.81. The van der Waals surface area contributed by atoms with Crippen LogP contribution in [0.3, 0.4) is 0 Å². The number of esters is 1. The Morgan fingerprint density at radius 2 is 1.95 bits per heavy atom. The SMILES string of the molecule is CCOc1ccccc1C(=O)OC(C)(C)C1CC[NH2+]CC1. The van der Waals surface area contributed by atoms with Gasteiger partial charge in [0.2, 0.25) is 0 Å². The Kier molecular flexibility index (Phi) is 5.23. The molecule has 1 saturated heterocycles. The van der Waals surface area contributed by atoms with Gasteiger partial charge in [-0.1, -0.05) is 12.1 Å².